The summed E-state index contributed by atoms with van der Waals surface area (Å²) in [6.45, 7) is 4.80. The van der Waals surface area contributed by atoms with Crippen LogP contribution >= 0.6 is 0 Å². The first kappa shape index (κ1) is 33.6. The summed E-state index contributed by atoms with van der Waals surface area (Å²) in [4.78, 5) is 0. The molecule has 0 atom stereocenters. The summed E-state index contributed by atoms with van der Waals surface area (Å²) >= 11 is 0. The number of fused-ring (bicyclic) bond motifs is 9. The average Bonchev–Trinajstić information content (AvgIpc) is 3.56. The highest BCUT2D eigenvalue weighted by Gasteiger charge is 2.42. The molecule has 0 heteroatoms. The zero-order chi connectivity index (χ0) is 38.1. The van der Waals surface area contributed by atoms with Crippen LogP contribution in [-0.2, 0) is 5.41 Å². The van der Waals surface area contributed by atoms with E-state index in [1.165, 1.54) is 110 Å². The molecular formula is C57H42. The maximum Gasteiger partial charge on any atom is 0.0210 e. The lowest BCUT2D eigenvalue weighted by molar-refractivity contribution is 0.491. The van der Waals surface area contributed by atoms with Crippen LogP contribution in [0.5, 0.6) is 0 Å². The van der Waals surface area contributed by atoms with Crippen molar-refractivity contribution in [3.63, 3.8) is 0 Å². The normalized spacial score (nSPS) is 13.0. The first-order valence-corrected chi connectivity index (χ1v) is 20.5. The molecule has 270 valence electrons. The molecule has 1 aliphatic carbocycles. The summed E-state index contributed by atoms with van der Waals surface area (Å²) < 4.78 is 0. The lowest BCUT2D eigenvalue weighted by atomic mass is 9.72. The highest BCUT2D eigenvalue weighted by atomic mass is 14.4. The summed E-state index contributed by atoms with van der Waals surface area (Å²) in [5.41, 5.74) is 15.6. The van der Waals surface area contributed by atoms with Crippen molar-refractivity contribution in [2.45, 2.75) is 32.1 Å². The Kier molecular flexibility index (Phi) is 7.76. The van der Waals surface area contributed by atoms with E-state index in [1.807, 2.05) is 0 Å². The van der Waals surface area contributed by atoms with Gasteiger partial charge < -0.3 is 0 Å². The Labute approximate surface area is 334 Å². The Balaban J connectivity index is 1.25. The zero-order valence-electron chi connectivity index (χ0n) is 32.4. The fourth-order valence-corrected chi connectivity index (χ4v) is 10.3. The van der Waals surface area contributed by atoms with E-state index in [0.29, 0.717) is 0 Å². The van der Waals surface area contributed by atoms with Crippen molar-refractivity contribution in [3.05, 3.63) is 205 Å². The van der Waals surface area contributed by atoms with Crippen LogP contribution in [0.4, 0.5) is 0 Å². The van der Waals surface area contributed by atoms with Gasteiger partial charge in [0.25, 0.3) is 0 Å². The van der Waals surface area contributed by atoms with Crippen LogP contribution in [0.1, 0.15) is 37.8 Å². The summed E-state index contributed by atoms with van der Waals surface area (Å²) in [7, 11) is 0. The van der Waals surface area contributed by atoms with Crippen molar-refractivity contribution >= 4 is 43.1 Å². The van der Waals surface area contributed by atoms with Gasteiger partial charge in [0.2, 0.25) is 0 Å². The first-order chi connectivity index (χ1) is 28.2. The fourth-order valence-electron chi connectivity index (χ4n) is 10.3. The van der Waals surface area contributed by atoms with E-state index in [2.05, 4.69) is 208 Å². The molecule has 0 bridgehead atoms. The van der Waals surface area contributed by atoms with Crippen molar-refractivity contribution in [2.75, 3.05) is 0 Å². The highest BCUT2D eigenvalue weighted by molar-refractivity contribution is 6.17. The van der Waals surface area contributed by atoms with Gasteiger partial charge in [0.1, 0.15) is 0 Å². The molecule has 0 nitrogen and oxygen atoms in total. The molecule has 0 saturated heterocycles. The Hall–Kier alpha value is -6.76. The van der Waals surface area contributed by atoms with Gasteiger partial charge in [-0.05, 0) is 159 Å². The largest absolute Gasteiger partial charge is 0.0642 e. The zero-order valence-corrected chi connectivity index (χ0v) is 32.4. The van der Waals surface area contributed by atoms with E-state index in [0.717, 1.165) is 12.8 Å². The number of hydrogen-bond donors (Lipinski definition) is 0. The quantitative estimate of drug-likeness (QED) is 0.150. The van der Waals surface area contributed by atoms with E-state index >= 15 is 0 Å². The molecule has 10 aromatic rings. The molecule has 0 aromatic heterocycles. The van der Waals surface area contributed by atoms with Crippen molar-refractivity contribution < 1.29 is 0 Å². The number of rotatable bonds is 6. The van der Waals surface area contributed by atoms with Gasteiger partial charge in [-0.25, -0.2) is 0 Å². The van der Waals surface area contributed by atoms with Crippen LogP contribution in [0.25, 0.3) is 98.7 Å². The molecule has 0 radical (unpaired) electrons. The van der Waals surface area contributed by atoms with Gasteiger partial charge in [-0.2, -0.15) is 0 Å². The summed E-state index contributed by atoms with van der Waals surface area (Å²) in [5.74, 6) is 0. The minimum Gasteiger partial charge on any atom is -0.0642 e. The predicted molar refractivity (Wildman–Crippen MR) is 245 cm³/mol. The van der Waals surface area contributed by atoms with E-state index in [4.69, 9.17) is 0 Å². The van der Waals surface area contributed by atoms with Gasteiger partial charge in [-0.3, -0.25) is 0 Å². The fraction of sp³-hybridized carbons (Fsp3) is 0.0877. The van der Waals surface area contributed by atoms with Gasteiger partial charge in [0, 0.05) is 5.41 Å². The lowest BCUT2D eigenvalue weighted by Crippen LogP contribution is -2.23. The molecule has 0 spiro atoms. The topological polar surface area (TPSA) is 0 Å². The maximum atomic E-state index is 2.59. The van der Waals surface area contributed by atoms with Crippen molar-refractivity contribution in [1.82, 2.24) is 0 Å². The van der Waals surface area contributed by atoms with E-state index in [1.54, 1.807) is 0 Å². The van der Waals surface area contributed by atoms with E-state index < -0.39 is 0 Å². The molecule has 57 heavy (non-hydrogen) atoms. The molecule has 0 N–H and O–H groups in total. The van der Waals surface area contributed by atoms with Crippen LogP contribution in [0, 0.1) is 0 Å². The molecule has 11 rings (SSSR count). The molecule has 1 aliphatic rings. The molecule has 0 unspecified atom stereocenters. The molecule has 10 aromatic carbocycles. The third-order valence-corrected chi connectivity index (χ3v) is 13.1. The smallest absolute Gasteiger partial charge is 0.0210 e. The Morgan fingerprint density at radius 1 is 0.281 bits per heavy atom. The van der Waals surface area contributed by atoms with Crippen molar-refractivity contribution in [2.24, 2.45) is 0 Å². The average molecular weight is 727 g/mol. The Bertz CT molecular complexity index is 2970. The van der Waals surface area contributed by atoms with E-state index in [-0.39, 0.29) is 5.41 Å². The molecular weight excluding hydrogens is 685 g/mol. The molecule has 0 heterocycles. The lowest BCUT2D eigenvalue weighted by Gasteiger charge is -2.31. The second-order valence-corrected chi connectivity index (χ2v) is 15.8. The minimum absolute atomic E-state index is 0.155. The second kappa shape index (κ2) is 13.2. The summed E-state index contributed by atoms with van der Waals surface area (Å²) in [6, 6.07) is 72.8. The summed E-state index contributed by atoms with van der Waals surface area (Å²) in [6.07, 6.45) is 2.02. The van der Waals surface area contributed by atoms with Gasteiger partial charge in [0.15, 0.2) is 0 Å². The molecule has 0 aliphatic heterocycles. The van der Waals surface area contributed by atoms with Crippen LogP contribution in [0.3, 0.4) is 0 Å². The van der Waals surface area contributed by atoms with Gasteiger partial charge in [0.05, 0.1) is 0 Å². The first-order valence-electron chi connectivity index (χ1n) is 20.5. The van der Waals surface area contributed by atoms with Crippen LogP contribution in [0.2, 0.25) is 0 Å². The second-order valence-electron chi connectivity index (χ2n) is 15.8. The van der Waals surface area contributed by atoms with Crippen LogP contribution < -0.4 is 0 Å². The third kappa shape index (κ3) is 5.07. The van der Waals surface area contributed by atoms with Crippen molar-refractivity contribution in [3.8, 4) is 55.6 Å². The van der Waals surface area contributed by atoms with Crippen LogP contribution in [0.15, 0.2) is 194 Å². The van der Waals surface area contributed by atoms with Gasteiger partial charge in [-0.1, -0.05) is 172 Å². The maximum absolute atomic E-state index is 2.59. The molecule has 0 amide bonds. The number of benzene rings is 10. The Morgan fingerprint density at radius 2 is 0.632 bits per heavy atom. The third-order valence-electron chi connectivity index (χ3n) is 13.1. The molecule has 0 fully saturated rings. The molecule has 0 saturated carbocycles. The van der Waals surface area contributed by atoms with Gasteiger partial charge >= 0.3 is 0 Å². The van der Waals surface area contributed by atoms with E-state index in [9.17, 15) is 0 Å². The minimum atomic E-state index is -0.155. The summed E-state index contributed by atoms with van der Waals surface area (Å²) in [5, 5.41) is 10.3. The predicted octanol–water partition coefficient (Wildman–Crippen LogP) is 16.1. The van der Waals surface area contributed by atoms with Gasteiger partial charge in [-0.15, -0.1) is 0 Å². The Morgan fingerprint density at radius 3 is 1.04 bits per heavy atom. The monoisotopic (exact) mass is 726 g/mol. The highest BCUT2D eigenvalue weighted by Crippen LogP contribution is 2.58. The SMILES string of the molecule is CCC1(CC)c2cc(-c3cc4ccccc4c4ccccc34)c(-c3ccccc3)cc2-c2cc(-c3ccccc3)c(-c3cc4ccccc4c4ccccc34)cc21. The van der Waals surface area contributed by atoms with Crippen LogP contribution in [-0.4, -0.2) is 0 Å². The van der Waals surface area contributed by atoms with Crippen molar-refractivity contribution in [1.29, 1.82) is 0 Å². The number of hydrogen-bond acceptors (Lipinski definition) is 0. The standard InChI is InChI=1S/C57H42/c1-3-57(4-2)55-35-51(49-31-39-23-11-13-25-41(39)43-27-15-17-29-45(43)49)47(37-19-7-5-8-20-37)33-53(55)54-34-48(38-21-9-6-10-22-38)52(36-56(54)57)50-32-40-24-12-14-26-42(40)44-28-16-18-30-46(44)50/h5-36H,3-4H2,1-2H3.